The Hall–Kier alpha value is -1.21. The number of benzene rings is 1. The Morgan fingerprint density at radius 3 is 2.58 bits per heavy atom. The first-order valence-electron chi connectivity index (χ1n) is 9.40. The lowest BCUT2D eigenvalue weighted by Crippen LogP contribution is -2.62. The van der Waals surface area contributed by atoms with E-state index in [0.717, 1.165) is 39.4 Å². The van der Waals surface area contributed by atoms with Crippen molar-refractivity contribution in [3.8, 4) is 5.75 Å². The van der Waals surface area contributed by atoms with E-state index in [2.05, 4.69) is 23.6 Å². The molecule has 1 N–H and O–H groups in total. The van der Waals surface area contributed by atoms with Crippen molar-refractivity contribution in [1.82, 2.24) is 9.80 Å². The molecule has 146 valence electrons. The summed E-state index contributed by atoms with van der Waals surface area (Å²) in [6.07, 6.45) is 0.683. The molecule has 26 heavy (non-hydrogen) atoms. The largest absolute Gasteiger partial charge is 0.497 e. The molecule has 6 heteroatoms. The van der Waals surface area contributed by atoms with Gasteiger partial charge in [0.05, 0.1) is 25.9 Å². The summed E-state index contributed by atoms with van der Waals surface area (Å²) in [5.41, 5.74) is -0.383. The highest BCUT2D eigenvalue weighted by molar-refractivity contribution is 5.29. The molecule has 5 nitrogen and oxygen atoms in total. The summed E-state index contributed by atoms with van der Waals surface area (Å²) in [5, 5.41) is 11.4. The zero-order valence-electron chi connectivity index (χ0n) is 16.1. The molecule has 0 unspecified atom stereocenters. The fourth-order valence-corrected chi connectivity index (χ4v) is 4.06. The van der Waals surface area contributed by atoms with Crippen LogP contribution in [0.15, 0.2) is 18.2 Å². The summed E-state index contributed by atoms with van der Waals surface area (Å²) in [7, 11) is 1.59. The van der Waals surface area contributed by atoms with Crippen molar-refractivity contribution in [2.45, 2.75) is 32.4 Å². The zero-order valence-corrected chi connectivity index (χ0v) is 16.1. The van der Waals surface area contributed by atoms with E-state index in [1.54, 1.807) is 19.2 Å². The number of nitrogens with zero attached hydrogens (tertiary/aromatic N) is 2. The minimum absolute atomic E-state index is 0.210. The third-order valence-electron chi connectivity index (χ3n) is 5.96. The molecular formula is C20H31FN2O3. The van der Waals surface area contributed by atoms with Gasteiger partial charge in [-0.1, -0.05) is 13.8 Å². The van der Waals surface area contributed by atoms with Crippen LogP contribution in [0.1, 0.15) is 25.8 Å². The number of ether oxygens (including phenoxy) is 2. The maximum atomic E-state index is 14.2. The average molecular weight is 366 g/mol. The van der Waals surface area contributed by atoms with Crippen LogP contribution < -0.4 is 4.74 Å². The lowest BCUT2D eigenvalue weighted by molar-refractivity contribution is -0.141. The SMILES string of the molecule is COc1ccc(F)c(CN2CC[C@](O)(CN3CCOCC3)C(C)(C)C2)c1. The van der Waals surface area contributed by atoms with Crippen molar-refractivity contribution >= 4 is 0 Å². The molecule has 1 aromatic rings. The molecule has 0 saturated carbocycles. The molecule has 0 amide bonds. The number of piperidine rings is 1. The summed E-state index contributed by atoms with van der Waals surface area (Å²) in [5.74, 6) is 0.458. The summed E-state index contributed by atoms with van der Waals surface area (Å²) in [4.78, 5) is 4.52. The average Bonchev–Trinajstić information content (AvgIpc) is 2.61. The molecule has 1 aromatic carbocycles. The number of hydrogen-bond donors (Lipinski definition) is 1. The summed E-state index contributed by atoms with van der Waals surface area (Å²) < 4.78 is 24.8. The van der Waals surface area contributed by atoms with Crippen LogP contribution in [0, 0.1) is 11.2 Å². The fraction of sp³-hybridized carbons (Fsp3) is 0.700. The monoisotopic (exact) mass is 366 g/mol. The maximum Gasteiger partial charge on any atom is 0.127 e. The number of morpholine rings is 1. The van der Waals surface area contributed by atoms with Gasteiger partial charge in [0.2, 0.25) is 0 Å². The van der Waals surface area contributed by atoms with Crippen molar-refractivity contribution in [2.24, 2.45) is 5.41 Å². The van der Waals surface area contributed by atoms with E-state index in [9.17, 15) is 9.50 Å². The molecule has 0 radical (unpaired) electrons. The Morgan fingerprint density at radius 1 is 1.19 bits per heavy atom. The number of aliphatic hydroxyl groups is 1. The van der Waals surface area contributed by atoms with Crippen molar-refractivity contribution in [2.75, 3.05) is 53.0 Å². The Balaban J connectivity index is 1.66. The fourth-order valence-electron chi connectivity index (χ4n) is 4.06. The van der Waals surface area contributed by atoms with Crippen LogP contribution >= 0.6 is 0 Å². The molecular weight excluding hydrogens is 335 g/mol. The second-order valence-electron chi connectivity index (χ2n) is 8.22. The molecule has 2 aliphatic rings. The van der Waals surface area contributed by atoms with Crippen molar-refractivity contribution in [3.05, 3.63) is 29.6 Å². The predicted molar refractivity (Wildman–Crippen MR) is 98.8 cm³/mol. The van der Waals surface area contributed by atoms with E-state index < -0.39 is 5.60 Å². The van der Waals surface area contributed by atoms with Gasteiger partial charge in [0, 0.05) is 50.2 Å². The molecule has 2 saturated heterocycles. The van der Waals surface area contributed by atoms with E-state index in [1.165, 1.54) is 6.07 Å². The first kappa shape index (κ1) is 19.5. The van der Waals surface area contributed by atoms with Gasteiger partial charge in [-0.3, -0.25) is 9.80 Å². The van der Waals surface area contributed by atoms with Gasteiger partial charge < -0.3 is 14.6 Å². The van der Waals surface area contributed by atoms with Crippen LogP contribution in [0.4, 0.5) is 4.39 Å². The highest BCUT2D eigenvalue weighted by Gasteiger charge is 2.48. The third kappa shape index (κ3) is 4.19. The molecule has 0 aliphatic carbocycles. The zero-order chi connectivity index (χ0) is 18.8. The number of halogens is 1. The van der Waals surface area contributed by atoms with Crippen LogP contribution in [0.5, 0.6) is 5.75 Å². The Labute approximate surface area is 155 Å². The lowest BCUT2D eigenvalue weighted by Gasteiger charge is -2.52. The Bertz CT molecular complexity index is 619. The Kier molecular flexibility index (Phi) is 5.87. The quantitative estimate of drug-likeness (QED) is 0.865. The molecule has 0 spiro atoms. The number of methoxy groups -OCH3 is 1. The van der Waals surface area contributed by atoms with Crippen LogP contribution in [-0.4, -0.2) is 73.6 Å². The Morgan fingerprint density at radius 2 is 1.92 bits per heavy atom. The highest BCUT2D eigenvalue weighted by atomic mass is 19.1. The van der Waals surface area contributed by atoms with E-state index in [4.69, 9.17) is 9.47 Å². The van der Waals surface area contributed by atoms with Gasteiger partial charge in [-0.25, -0.2) is 4.39 Å². The van der Waals surface area contributed by atoms with Gasteiger partial charge in [0.15, 0.2) is 0 Å². The van der Waals surface area contributed by atoms with Gasteiger partial charge >= 0.3 is 0 Å². The predicted octanol–water partition coefficient (Wildman–Crippen LogP) is 2.13. The topological polar surface area (TPSA) is 45.2 Å². The smallest absolute Gasteiger partial charge is 0.127 e. The number of hydrogen-bond acceptors (Lipinski definition) is 5. The van der Waals surface area contributed by atoms with E-state index in [1.807, 2.05) is 0 Å². The standard InChI is InChI=1S/C20H31FN2O3/c1-19(2)14-23(13-16-12-17(25-3)4-5-18(16)21)7-6-20(19,24)15-22-8-10-26-11-9-22/h4-5,12,24H,6-11,13-15H2,1-3H3/t20-/m0/s1. The number of likely N-dealkylation sites (tertiary alicyclic amines) is 1. The summed E-state index contributed by atoms with van der Waals surface area (Å²) in [6.45, 7) is 10.1. The van der Waals surface area contributed by atoms with Gasteiger partial charge in [-0.05, 0) is 24.6 Å². The van der Waals surface area contributed by atoms with Crippen molar-refractivity contribution in [3.63, 3.8) is 0 Å². The minimum Gasteiger partial charge on any atom is -0.497 e. The summed E-state index contributed by atoms with van der Waals surface area (Å²) >= 11 is 0. The van der Waals surface area contributed by atoms with Crippen LogP contribution in [0.25, 0.3) is 0 Å². The van der Waals surface area contributed by atoms with Gasteiger partial charge in [0.25, 0.3) is 0 Å². The van der Waals surface area contributed by atoms with E-state index in [-0.39, 0.29) is 11.2 Å². The molecule has 2 fully saturated rings. The second kappa shape index (κ2) is 7.80. The third-order valence-corrected chi connectivity index (χ3v) is 5.96. The first-order valence-corrected chi connectivity index (χ1v) is 9.40. The highest BCUT2D eigenvalue weighted by Crippen LogP contribution is 2.40. The van der Waals surface area contributed by atoms with Gasteiger partial charge in [-0.2, -0.15) is 0 Å². The normalized spacial score (nSPS) is 27.4. The number of β-amino-alcohol motifs (C(OH)–C–C–N with tert-alkyl or cyclic N) is 1. The van der Waals surface area contributed by atoms with Crippen molar-refractivity contribution < 1.29 is 19.0 Å². The van der Waals surface area contributed by atoms with E-state index in [0.29, 0.717) is 30.8 Å². The van der Waals surface area contributed by atoms with Crippen LogP contribution in [0.2, 0.25) is 0 Å². The maximum absolute atomic E-state index is 14.2. The van der Waals surface area contributed by atoms with Gasteiger partial charge in [0.1, 0.15) is 11.6 Å². The van der Waals surface area contributed by atoms with E-state index >= 15 is 0 Å². The molecule has 0 aromatic heterocycles. The molecule has 2 aliphatic heterocycles. The minimum atomic E-state index is -0.742. The van der Waals surface area contributed by atoms with Crippen LogP contribution in [0.3, 0.4) is 0 Å². The number of rotatable bonds is 5. The molecule has 1 atom stereocenters. The molecule has 2 heterocycles. The molecule has 3 rings (SSSR count). The van der Waals surface area contributed by atoms with Gasteiger partial charge in [-0.15, -0.1) is 0 Å². The van der Waals surface area contributed by atoms with Crippen molar-refractivity contribution in [1.29, 1.82) is 0 Å². The lowest BCUT2D eigenvalue weighted by atomic mass is 9.69. The first-order chi connectivity index (χ1) is 12.3. The molecule has 0 bridgehead atoms. The van der Waals surface area contributed by atoms with Crippen LogP contribution in [-0.2, 0) is 11.3 Å². The summed E-state index contributed by atoms with van der Waals surface area (Å²) in [6, 6.07) is 4.86. The second-order valence-corrected chi connectivity index (χ2v) is 8.22.